The van der Waals surface area contributed by atoms with Gasteiger partial charge in [-0.2, -0.15) is 0 Å². The van der Waals surface area contributed by atoms with Crippen LogP contribution in [0.5, 0.6) is 0 Å². The van der Waals surface area contributed by atoms with Crippen LogP contribution >= 0.6 is 34.8 Å². The molecule has 7 nitrogen and oxygen atoms in total. The molecule has 0 saturated carbocycles. The second kappa shape index (κ2) is 13.7. The predicted octanol–water partition coefficient (Wildman–Crippen LogP) is 6.48. The molecular formula is C29H32Cl3N3O4S. The first-order valence-electron chi connectivity index (χ1n) is 12.7. The Labute approximate surface area is 251 Å². The minimum Gasteiger partial charge on any atom is -0.352 e. The lowest BCUT2D eigenvalue weighted by molar-refractivity contribution is -0.139. The number of nitrogens with one attached hydrogen (secondary N) is 1. The van der Waals surface area contributed by atoms with Crippen molar-refractivity contribution in [3.63, 3.8) is 0 Å². The van der Waals surface area contributed by atoms with Crippen LogP contribution in [0.4, 0.5) is 5.69 Å². The van der Waals surface area contributed by atoms with Crippen molar-refractivity contribution >= 4 is 62.3 Å². The van der Waals surface area contributed by atoms with E-state index in [4.69, 9.17) is 34.8 Å². The van der Waals surface area contributed by atoms with Gasteiger partial charge in [-0.15, -0.1) is 0 Å². The van der Waals surface area contributed by atoms with Crippen LogP contribution in [0.15, 0.2) is 71.6 Å². The molecule has 0 heterocycles. The molecule has 214 valence electrons. The quantitative estimate of drug-likeness (QED) is 0.265. The molecule has 0 fully saturated rings. The minimum atomic E-state index is -4.27. The van der Waals surface area contributed by atoms with Gasteiger partial charge in [0.2, 0.25) is 11.8 Å². The monoisotopic (exact) mass is 623 g/mol. The maximum absolute atomic E-state index is 14.0. The predicted molar refractivity (Wildman–Crippen MR) is 162 cm³/mol. The summed E-state index contributed by atoms with van der Waals surface area (Å²) in [6, 6.07) is 16.7. The number of nitrogens with zero attached hydrogens (tertiary/aromatic N) is 2. The van der Waals surface area contributed by atoms with E-state index in [1.165, 1.54) is 29.2 Å². The fraction of sp³-hybridized carbons (Fsp3) is 0.310. The van der Waals surface area contributed by atoms with Crippen LogP contribution in [-0.2, 0) is 26.2 Å². The van der Waals surface area contributed by atoms with Crippen molar-refractivity contribution in [1.29, 1.82) is 0 Å². The molecule has 3 aromatic rings. The fourth-order valence-corrected chi connectivity index (χ4v) is 5.96. The van der Waals surface area contributed by atoms with Gasteiger partial charge < -0.3 is 10.2 Å². The molecule has 11 heteroatoms. The molecule has 2 amide bonds. The summed E-state index contributed by atoms with van der Waals surface area (Å²) in [7, 11) is -4.27. The van der Waals surface area contributed by atoms with Gasteiger partial charge in [0, 0.05) is 17.6 Å². The number of rotatable bonds is 11. The summed E-state index contributed by atoms with van der Waals surface area (Å²) in [5.41, 5.74) is 1.52. The number of carbonyl (C=O) groups excluding carboxylic acids is 2. The number of hydrogen-bond donors (Lipinski definition) is 1. The Morgan fingerprint density at radius 1 is 0.900 bits per heavy atom. The van der Waals surface area contributed by atoms with E-state index >= 15 is 0 Å². The maximum Gasteiger partial charge on any atom is 0.264 e. The molecule has 0 spiro atoms. The van der Waals surface area contributed by atoms with E-state index in [1.54, 1.807) is 49.4 Å². The summed E-state index contributed by atoms with van der Waals surface area (Å²) < 4.78 is 28.8. The van der Waals surface area contributed by atoms with Crippen molar-refractivity contribution < 1.29 is 18.0 Å². The molecule has 0 aliphatic rings. The first-order chi connectivity index (χ1) is 18.9. The highest BCUT2D eigenvalue weighted by Gasteiger charge is 2.34. The van der Waals surface area contributed by atoms with E-state index in [2.05, 4.69) is 5.32 Å². The van der Waals surface area contributed by atoms with Gasteiger partial charge in [-0.05, 0) is 63.1 Å². The second-order valence-electron chi connectivity index (χ2n) is 9.50. The third-order valence-electron chi connectivity index (χ3n) is 6.55. The third-order valence-corrected chi connectivity index (χ3v) is 9.51. The second-order valence-corrected chi connectivity index (χ2v) is 12.6. The minimum absolute atomic E-state index is 0.0186. The molecule has 0 unspecified atom stereocenters. The molecule has 3 rings (SSSR count). The number of sulfonamides is 1. The van der Waals surface area contributed by atoms with Gasteiger partial charge in [-0.25, -0.2) is 8.42 Å². The molecule has 0 aromatic heterocycles. The van der Waals surface area contributed by atoms with Crippen molar-refractivity contribution in [1.82, 2.24) is 10.2 Å². The van der Waals surface area contributed by atoms with E-state index in [9.17, 15) is 18.0 Å². The normalized spacial score (nSPS) is 12.9. The van der Waals surface area contributed by atoms with Crippen molar-refractivity contribution in [2.24, 2.45) is 0 Å². The summed E-state index contributed by atoms with van der Waals surface area (Å²) in [6.45, 7) is 6.57. The Morgan fingerprint density at radius 3 is 2.15 bits per heavy atom. The Morgan fingerprint density at radius 2 is 1.52 bits per heavy atom. The van der Waals surface area contributed by atoms with Gasteiger partial charge in [0.15, 0.2) is 0 Å². The number of anilines is 1. The van der Waals surface area contributed by atoms with Crippen LogP contribution < -0.4 is 9.62 Å². The van der Waals surface area contributed by atoms with E-state index in [0.717, 1.165) is 9.87 Å². The molecule has 40 heavy (non-hydrogen) atoms. The van der Waals surface area contributed by atoms with E-state index < -0.39 is 28.5 Å². The zero-order valence-electron chi connectivity index (χ0n) is 22.7. The molecule has 1 N–H and O–H groups in total. The lowest BCUT2D eigenvalue weighted by atomic mass is 10.1. The summed E-state index contributed by atoms with van der Waals surface area (Å²) in [4.78, 5) is 28.4. The summed E-state index contributed by atoms with van der Waals surface area (Å²) in [5.74, 6) is -0.998. The number of hydrogen-bond acceptors (Lipinski definition) is 4. The third kappa shape index (κ3) is 7.49. The van der Waals surface area contributed by atoms with Crippen LogP contribution in [0.1, 0.15) is 38.3 Å². The number of halogens is 3. The van der Waals surface area contributed by atoms with Crippen LogP contribution in [-0.4, -0.2) is 43.8 Å². The standard InChI is InChI=1S/C29H32Cl3N3O4S/c1-5-20(3)33-29(37)21(4)34(17-22-9-6-7-10-24(22)30)27(36)18-35(26-12-8-11-25(31)28(26)32)40(38,39)23-15-13-19(2)14-16-23/h6-16,20-21H,5,17-18H2,1-4H3,(H,33,37)/t20-,21+/m0/s1. The van der Waals surface area contributed by atoms with E-state index in [-0.39, 0.29) is 39.1 Å². The van der Waals surface area contributed by atoms with Gasteiger partial charge in [-0.1, -0.05) is 83.7 Å². The van der Waals surface area contributed by atoms with Crippen LogP contribution in [0, 0.1) is 6.92 Å². The van der Waals surface area contributed by atoms with Crippen molar-refractivity contribution in [2.45, 2.75) is 57.6 Å². The van der Waals surface area contributed by atoms with Crippen LogP contribution in [0.25, 0.3) is 0 Å². The highest BCUT2D eigenvalue weighted by Crippen LogP contribution is 2.35. The summed E-state index contributed by atoms with van der Waals surface area (Å²) in [6.07, 6.45) is 0.701. The van der Waals surface area contributed by atoms with Gasteiger partial charge in [-0.3, -0.25) is 13.9 Å². The van der Waals surface area contributed by atoms with Crippen LogP contribution in [0.3, 0.4) is 0 Å². The number of amides is 2. The molecule has 0 bridgehead atoms. The molecule has 3 aromatic carbocycles. The summed E-state index contributed by atoms with van der Waals surface area (Å²) >= 11 is 19.1. The Balaban J connectivity index is 2.08. The number of benzene rings is 3. The SMILES string of the molecule is CC[C@H](C)NC(=O)[C@@H](C)N(Cc1ccccc1Cl)C(=O)CN(c1cccc(Cl)c1Cl)S(=O)(=O)c1ccc(C)cc1. The maximum atomic E-state index is 14.0. The summed E-state index contributed by atoms with van der Waals surface area (Å²) in [5, 5.41) is 3.41. The first kappa shape index (κ1) is 31.7. The van der Waals surface area contributed by atoms with Gasteiger partial charge in [0.05, 0.1) is 20.6 Å². The molecule has 2 atom stereocenters. The lowest BCUT2D eigenvalue weighted by Crippen LogP contribution is -2.52. The van der Waals surface area contributed by atoms with Gasteiger partial charge in [0.1, 0.15) is 12.6 Å². The lowest BCUT2D eigenvalue weighted by Gasteiger charge is -2.33. The molecule has 0 radical (unpaired) electrons. The zero-order chi connectivity index (χ0) is 29.6. The molecule has 0 saturated heterocycles. The molecule has 0 aliphatic carbocycles. The average Bonchev–Trinajstić information content (AvgIpc) is 2.92. The van der Waals surface area contributed by atoms with Crippen molar-refractivity contribution in [3.05, 3.63) is 92.9 Å². The van der Waals surface area contributed by atoms with E-state index in [0.29, 0.717) is 17.0 Å². The van der Waals surface area contributed by atoms with Gasteiger partial charge >= 0.3 is 0 Å². The Hall–Kier alpha value is -2.78. The van der Waals surface area contributed by atoms with E-state index in [1.807, 2.05) is 20.8 Å². The Kier molecular flexibility index (Phi) is 10.9. The number of carbonyl (C=O) groups is 2. The Bertz CT molecular complexity index is 1470. The van der Waals surface area contributed by atoms with Crippen LogP contribution in [0.2, 0.25) is 15.1 Å². The van der Waals surface area contributed by atoms with Crippen molar-refractivity contribution in [3.8, 4) is 0 Å². The highest BCUT2D eigenvalue weighted by molar-refractivity contribution is 7.92. The highest BCUT2D eigenvalue weighted by atomic mass is 35.5. The largest absolute Gasteiger partial charge is 0.352 e. The number of aryl methyl sites for hydroxylation is 1. The van der Waals surface area contributed by atoms with Gasteiger partial charge in [0.25, 0.3) is 10.0 Å². The average molecular weight is 625 g/mol. The fourth-order valence-electron chi connectivity index (χ4n) is 3.89. The molecular weight excluding hydrogens is 593 g/mol. The zero-order valence-corrected chi connectivity index (χ0v) is 25.8. The van der Waals surface area contributed by atoms with Crippen molar-refractivity contribution in [2.75, 3.05) is 10.8 Å². The smallest absolute Gasteiger partial charge is 0.264 e. The first-order valence-corrected chi connectivity index (χ1v) is 15.3. The topological polar surface area (TPSA) is 86.8 Å². The molecule has 0 aliphatic heterocycles.